The van der Waals surface area contributed by atoms with Gasteiger partial charge in [-0.25, -0.2) is 9.59 Å². The molecule has 3 aromatic carbocycles. The van der Waals surface area contributed by atoms with Crippen molar-refractivity contribution < 1.29 is 19.1 Å². The van der Waals surface area contributed by atoms with Crippen molar-refractivity contribution in [2.45, 2.75) is 12.8 Å². The van der Waals surface area contributed by atoms with Crippen LogP contribution in [-0.2, 0) is 9.47 Å². The summed E-state index contributed by atoms with van der Waals surface area (Å²) < 4.78 is 10.6. The number of fused-ring (bicyclic) bond motifs is 3. The van der Waals surface area contributed by atoms with E-state index < -0.39 is 12.1 Å². The normalized spacial score (nSPS) is 12.0. The number of rotatable bonds is 5. The second-order valence-electron chi connectivity index (χ2n) is 6.72. The molecule has 0 saturated heterocycles. The average molecular weight is 387 g/mol. The maximum absolute atomic E-state index is 12.4. The maximum atomic E-state index is 12.4. The molecule has 0 radical (unpaired) electrons. The van der Waals surface area contributed by atoms with E-state index in [0.29, 0.717) is 11.3 Å². The molecule has 29 heavy (non-hydrogen) atoms. The first-order valence-corrected chi connectivity index (χ1v) is 9.57. The van der Waals surface area contributed by atoms with Crippen molar-refractivity contribution in [3.05, 3.63) is 89.5 Å². The first kappa shape index (κ1) is 18.7. The zero-order valence-electron chi connectivity index (χ0n) is 16.1. The van der Waals surface area contributed by atoms with Crippen molar-refractivity contribution in [3.63, 3.8) is 0 Å². The lowest BCUT2D eigenvalue weighted by Crippen LogP contribution is -2.19. The number of para-hydroxylation sites is 1. The molecule has 0 bridgehead atoms. The molecule has 3 aromatic rings. The van der Waals surface area contributed by atoms with Gasteiger partial charge in [0, 0.05) is 5.92 Å². The molecule has 0 aromatic heterocycles. The van der Waals surface area contributed by atoms with E-state index in [2.05, 4.69) is 29.6 Å². The number of amides is 1. The Morgan fingerprint density at radius 1 is 0.828 bits per heavy atom. The second-order valence-corrected chi connectivity index (χ2v) is 6.72. The van der Waals surface area contributed by atoms with Crippen molar-refractivity contribution in [2.24, 2.45) is 0 Å². The molecule has 0 saturated carbocycles. The van der Waals surface area contributed by atoms with Crippen LogP contribution in [0, 0.1) is 0 Å². The van der Waals surface area contributed by atoms with Gasteiger partial charge in [-0.2, -0.15) is 0 Å². The molecule has 1 aliphatic rings. The van der Waals surface area contributed by atoms with E-state index in [1.807, 2.05) is 24.3 Å². The Bertz CT molecular complexity index is 1010. The molecule has 1 N–H and O–H groups in total. The van der Waals surface area contributed by atoms with E-state index in [1.54, 1.807) is 31.2 Å². The van der Waals surface area contributed by atoms with Crippen LogP contribution < -0.4 is 5.32 Å². The fraction of sp³-hybridized carbons (Fsp3) is 0.167. The lowest BCUT2D eigenvalue weighted by Gasteiger charge is -2.15. The van der Waals surface area contributed by atoms with E-state index in [4.69, 9.17) is 9.47 Å². The first-order valence-electron chi connectivity index (χ1n) is 9.57. The van der Waals surface area contributed by atoms with Gasteiger partial charge in [0.1, 0.15) is 6.61 Å². The lowest BCUT2D eigenvalue weighted by atomic mass is 9.98. The maximum Gasteiger partial charge on any atom is 0.411 e. The van der Waals surface area contributed by atoms with E-state index in [9.17, 15) is 9.59 Å². The highest BCUT2D eigenvalue weighted by atomic mass is 16.5. The van der Waals surface area contributed by atoms with Crippen molar-refractivity contribution in [1.82, 2.24) is 0 Å². The zero-order chi connectivity index (χ0) is 20.2. The van der Waals surface area contributed by atoms with Crippen LogP contribution in [0.5, 0.6) is 0 Å². The molecule has 1 aliphatic carbocycles. The fourth-order valence-electron chi connectivity index (χ4n) is 3.72. The molecule has 0 heterocycles. The Morgan fingerprint density at radius 2 is 1.41 bits per heavy atom. The summed E-state index contributed by atoms with van der Waals surface area (Å²) >= 11 is 0. The average Bonchev–Trinajstić information content (AvgIpc) is 3.07. The smallest absolute Gasteiger partial charge is 0.411 e. The number of nitrogens with one attached hydrogen (secondary N) is 1. The second kappa shape index (κ2) is 8.19. The van der Waals surface area contributed by atoms with Crippen LogP contribution in [0.2, 0.25) is 0 Å². The summed E-state index contributed by atoms with van der Waals surface area (Å²) in [5.41, 5.74) is 5.29. The van der Waals surface area contributed by atoms with Gasteiger partial charge in [-0.3, -0.25) is 5.32 Å². The molecule has 5 nitrogen and oxygen atoms in total. The molecule has 0 spiro atoms. The van der Waals surface area contributed by atoms with E-state index in [-0.39, 0.29) is 19.1 Å². The number of carbonyl (C=O) groups excluding carboxylic acids is 2. The van der Waals surface area contributed by atoms with Crippen molar-refractivity contribution in [2.75, 3.05) is 18.5 Å². The van der Waals surface area contributed by atoms with Gasteiger partial charge in [-0.05, 0) is 41.3 Å². The molecule has 0 atom stereocenters. The summed E-state index contributed by atoms with van der Waals surface area (Å²) in [6.45, 7) is 2.21. The predicted octanol–water partition coefficient (Wildman–Crippen LogP) is 5.22. The Kier molecular flexibility index (Phi) is 5.29. The highest BCUT2D eigenvalue weighted by Crippen LogP contribution is 2.44. The fourth-order valence-corrected chi connectivity index (χ4v) is 3.72. The quantitative estimate of drug-likeness (QED) is 0.609. The third-order valence-corrected chi connectivity index (χ3v) is 5.00. The highest BCUT2D eigenvalue weighted by molar-refractivity contribution is 5.99. The first-order chi connectivity index (χ1) is 14.2. The van der Waals surface area contributed by atoms with Crippen molar-refractivity contribution in [3.8, 4) is 11.1 Å². The molecule has 4 rings (SSSR count). The van der Waals surface area contributed by atoms with Crippen LogP contribution >= 0.6 is 0 Å². The minimum atomic E-state index is -0.608. The van der Waals surface area contributed by atoms with Crippen LogP contribution in [0.3, 0.4) is 0 Å². The molecule has 146 valence electrons. The summed E-state index contributed by atoms with van der Waals surface area (Å²) in [6, 6.07) is 23.0. The Hall–Kier alpha value is -3.60. The van der Waals surface area contributed by atoms with Gasteiger partial charge in [0.2, 0.25) is 0 Å². The minimum Gasteiger partial charge on any atom is -0.462 e. The van der Waals surface area contributed by atoms with Crippen molar-refractivity contribution >= 4 is 17.7 Å². The van der Waals surface area contributed by atoms with E-state index in [1.165, 1.54) is 11.1 Å². The van der Waals surface area contributed by atoms with Crippen LogP contribution in [0.25, 0.3) is 11.1 Å². The van der Waals surface area contributed by atoms with Gasteiger partial charge in [-0.1, -0.05) is 60.7 Å². The Morgan fingerprint density at radius 3 is 2.07 bits per heavy atom. The van der Waals surface area contributed by atoms with Gasteiger partial charge in [-0.15, -0.1) is 0 Å². The molecule has 1 amide bonds. The van der Waals surface area contributed by atoms with Crippen molar-refractivity contribution in [1.29, 1.82) is 0 Å². The minimum absolute atomic E-state index is 0.0200. The monoisotopic (exact) mass is 387 g/mol. The molecule has 0 unspecified atom stereocenters. The van der Waals surface area contributed by atoms with Crippen LogP contribution in [0.1, 0.15) is 34.3 Å². The molecular formula is C24H21NO4. The molecule has 0 fully saturated rings. The summed E-state index contributed by atoms with van der Waals surface area (Å²) in [6.07, 6.45) is -0.608. The van der Waals surface area contributed by atoms with Gasteiger partial charge >= 0.3 is 12.1 Å². The Balaban J connectivity index is 1.48. The summed E-state index contributed by atoms with van der Waals surface area (Å²) in [5.74, 6) is -0.504. The van der Waals surface area contributed by atoms with Gasteiger partial charge in [0.25, 0.3) is 0 Å². The van der Waals surface area contributed by atoms with Gasteiger partial charge < -0.3 is 9.47 Å². The van der Waals surface area contributed by atoms with Crippen LogP contribution in [0.4, 0.5) is 10.5 Å². The third kappa shape index (κ3) is 3.72. The lowest BCUT2D eigenvalue weighted by molar-refractivity contribution is 0.0527. The van der Waals surface area contributed by atoms with Gasteiger partial charge in [0.15, 0.2) is 0 Å². The topological polar surface area (TPSA) is 64.6 Å². The summed E-state index contributed by atoms with van der Waals surface area (Å²) in [4.78, 5) is 24.5. The number of carbonyl (C=O) groups is 2. The number of hydrogen-bond acceptors (Lipinski definition) is 4. The Labute approximate surface area is 169 Å². The van der Waals surface area contributed by atoms with E-state index in [0.717, 1.165) is 11.1 Å². The number of ether oxygens (including phenoxy) is 2. The number of anilines is 1. The summed E-state index contributed by atoms with van der Waals surface area (Å²) in [5, 5.41) is 2.66. The third-order valence-electron chi connectivity index (χ3n) is 5.00. The largest absolute Gasteiger partial charge is 0.462 e. The van der Waals surface area contributed by atoms with Crippen LogP contribution in [-0.4, -0.2) is 25.3 Å². The number of benzene rings is 3. The zero-order valence-corrected chi connectivity index (χ0v) is 16.1. The SMILES string of the molecule is CCOC(=O)c1ccccc1NC(=O)OCC1c2ccccc2-c2ccccc21. The predicted molar refractivity (Wildman–Crippen MR) is 111 cm³/mol. The molecule has 5 heteroatoms. The van der Waals surface area contributed by atoms with Gasteiger partial charge in [0.05, 0.1) is 17.9 Å². The standard InChI is InChI=1S/C24H21NO4/c1-2-28-23(26)20-13-7-8-14-22(20)25-24(27)29-15-21-18-11-5-3-9-16(18)17-10-4-6-12-19(17)21/h3-14,21H,2,15H2,1H3,(H,25,27). The molecular weight excluding hydrogens is 366 g/mol. The number of esters is 1. The van der Waals surface area contributed by atoms with Crippen LogP contribution in [0.15, 0.2) is 72.8 Å². The highest BCUT2D eigenvalue weighted by Gasteiger charge is 2.29. The molecule has 0 aliphatic heterocycles. The van der Waals surface area contributed by atoms with E-state index >= 15 is 0 Å². The number of hydrogen-bond donors (Lipinski definition) is 1. The summed E-state index contributed by atoms with van der Waals surface area (Å²) in [7, 11) is 0.